The Balaban J connectivity index is 1.70. The molecule has 92 valence electrons. The maximum absolute atomic E-state index is 6.02. The zero-order valence-electron chi connectivity index (χ0n) is 9.88. The van der Waals surface area contributed by atoms with Crippen LogP contribution in [0, 0.1) is 5.41 Å². The van der Waals surface area contributed by atoms with E-state index in [0.717, 1.165) is 9.50 Å². The van der Waals surface area contributed by atoms with Crippen LogP contribution in [-0.4, -0.2) is 13.1 Å². The van der Waals surface area contributed by atoms with E-state index in [0.29, 0.717) is 5.41 Å². The summed E-state index contributed by atoms with van der Waals surface area (Å²) in [5.74, 6) is 0. The molecule has 1 nitrogen and oxygen atoms in total. The molecule has 0 amide bonds. The number of benzene rings is 1. The first-order valence-corrected chi connectivity index (χ1v) is 7.56. The lowest BCUT2D eigenvalue weighted by Crippen LogP contribution is -2.57. The Bertz CT molecular complexity index is 418. The summed E-state index contributed by atoms with van der Waals surface area (Å²) in [5, 5.41) is 0.793. The van der Waals surface area contributed by atoms with Crippen molar-refractivity contribution >= 4 is 33.2 Å². The van der Waals surface area contributed by atoms with Gasteiger partial charge in [0.2, 0.25) is 0 Å². The molecule has 0 N–H and O–H groups in total. The van der Waals surface area contributed by atoms with Crippen LogP contribution >= 0.6 is 27.5 Å². The third-order valence-corrected chi connectivity index (χ3v) is 5.45. The Hall–Kier alpha value is -0.210. The van der Waals surface area contributed by atoms with Crippen molar-refractivity contribution in [1.29, 1.82) is 0 Å². The molecule has 2 fully saturated rings. The van der Waals surface area contributed by atoms with Crippen molar-refractivity contribution in [3.8, 4) is 0 Å². The first kappa shape index (κ1) is 11.9. The van der Waals surface area contributed by atoms with Crippen LogP contribution < -0.4 is 4.90 Å². The van der Waals surface area contributed by atoms with Crippen molar-refractivity contribution < 1.29 is 0 Å². The molecule has 1 saturated heterocycles. The molecule has 0 atom stereocenters. The van der Waals surface area contributed by atoms with Gasteiger partial charge in [0.15, 0.2) is 0 Å². The van der Waals surface area contributed by atoms with Crippen LogP contribution in [0.2, 0.25) is 5.02 Å². The Kier molecular flexibility index (Phi) is 3.12. The van der Waals surface area contributed by atoms with Crippen LogP contribution in [-0.2, 0) is 0 Å². The lowest BCUT2D eigenvalue weighted by Gasteiger charge is -2.53. The molecule has 1 saturated carbocycles. The van der Waals surface area contributed by atoms with Gasteiger partial charge in [0.25, 0.3) is 0 Å². The number of nitrogens with zero attached hydrogens (tertiary/aromatic N) is 1. The number of halogens is 2. The summed E-state index contributed by atoms with van der Waals surface area (Å²) in [6.45, 7) is 2.47. The minimum atomic E-state index is 0.643. The van der Waals surface area contributed by atoms with Crippen LogP contribution in [0.4, 0.5) is 5.69 Å². The van der Waals surface area contributed by atoms with Gasteiger partial charge in [0, 0.05) is 28.7 Å². The van der Waals surface area contributed by atoms with E-state index >= 15 is 0 Å². The molecule has 0 aromatic heterocycles. The van der Waals surface area contributed by atoms with Gasteiger partial charge < -0.3 is 4.90 Å². The summed E-state index contributed by atoms with van der Waals surface area (Å²) < 4.78 is 1.00. The summed E-state index contributed by atoms with van der Waals surface area (Å²) in [4.78, 5) is 2.48. The number of hydrogen-bond acceptors (Lipinski definition) is 1. The maximum Gasteiger partial charge on any atom is 0.0549 e. The highest BCUT2D eigenvalue weighted by molar-refractivity contribution is 9.10. The highest BCUT2D eigenvalue weighted by Crippen LogP contribution is 2.45. The van der Waals surface area contributed by atoms with Gasteiger partial charge in [-0.05, 0) is 47.0 Å². The molecule has 1 aliphatic heterocycles. The smallest absolute Gasteiger partial charge is 0.0549 e. The molecule has 17 heavy (non-hydrogen) atoms. The Morgan fingerprint density at radius 3 is 2.47 bits per heavy atom. The van der Waals surface area contributed by atoms with Crippen molar-refractivity contribution in [1.82, 2.24) is 0 Å². The van der Waals surface area contributed by atoms with Crippen molar-refractivity contribution in [3.63, 3.8) is 0 Å². The van der Waals surface area contributed by atoms with Crippen molar-refractivity contribution in [3.05, 3.63) is 27.7 Å². The zero-order chi connectivity index (χ0) is 11.9. The highest BCUT2D eigenvalue weighted by Gasteiger charge is 2.43. The summed E-state index contributed by atoms with van der Waals surface area (Å²) >= 11 is 9.52. The lowest BCUT2D eigenvalue weighted by molar-refractivity contribution is 0.139. The molecule has 2 aliphatic rings. The molecule has 1 heterocycles. The standard InChI is InChI=1S/C14H17BrClN/c15-12-8-11(4-5-13(12)16)17-9-14(10-17)6-2-1-3-7-14/h4-5,8H,1-3,6-7,9-10H2. The van der Waals surface area contributed by atoms with E-state index in [1.54, 1.807) is 0 Å². The molecule has 0 bridgehead atoms. The normalized spacial score (nSPS) is 22.6. The second kappa shape index (κ2) is 4.47. The molecule has 1 aromatic rings. The first-order chi connectivity index (χ1) is 8.19. The van der Waals surface area contributed by atoms with Gasteiger partial charge in [0.05, 0.1) is 5.02 Å². The van der Waals surface area contributed by atoms with Crippen LogP contribution in [0.25, 0.3) is 0 Å². The molecule has 3 rings (SSSR count). The molecule has 0 unspecified atom stereocenters. The van der Waals surface area contributed by atoms with Crippen LogP contribution in [0.5, 0.6) is 0 Å². The predicted octanol–water partition coefficient (Wildman–Crippen LogP) is 4.87. The molecule has 1 aliphatic carbocycles. The average Bonchev–Trinajstić information content (AvgIpc) is 2.31. The van der Waals surface area contributed by atoms with Gasteiger partial charge >= 0.3 is 0 Å². The van der Waals surface area contributed by atoms with Gasteiger partial charge in [-0.25, -0.2) is 0 Å². The topological polar surface area (TPSA) is 3.24 Å². The first-order valence-electron chi connectivity index (χ1n) is 6.39. The fourth-order valence-electron chi connectivity index (χ4n) is 3.25. The number of hydrogen-bond donors (Lipinski definition) is 0. The summed E-state index contributed by atoms with van der Waals surface area (Å²) in [6, 6.07) is 6.24. The van der Waals surface area contributed by atoms with Gasteiger partial charge in [-0.2, -0.15) is 0 Å². The Morgan fingerprint density at radius 2 is 1.82 bits per heavy atom. The summed E-state index contributed by atoms with van der Waals surface area (Å²) in [7, 11) is 0. The second-order valence-corrected chi connectivity index (χ2v) is 6.78. The van der Waals surface area contributed by atoms with E-state index in [-0.39, 0.29) is 0 Å². The van der Waals surface area contributed by atoms with E-state index in [9.17, 15) is 0 Å². The van der Waals surface area contributed by atoms with E-state index in [1.165, 1.54) is 50.9 Å². The molecular formula is C14H17BrClN. The van der Waals surface area contributed by atoms with E-state index in [4.69, 9.17) is 11.6 Å². The Morgan fingerprint density at radius 1 is 1.12 bits per heavy atom. The predicted molar refractivity (Wildman–Crippen MR) is 76.9 cm³/mol. The largest absolute Gasteiger partial charge is 0.370 e. The van der Waals surface area contributed by atoms with E-state index in [2.05, 4.69) is 33.0 Å². The van der Waals surface area contributed by atoms with Gasteiger partial charge in [-0.15, -0.1) is 0 Å². The Labute approximate surface area is 116 Å². The molecule has 1 aromatic carbocycles. The minimum absolute atomic E-state index is 0.643. The monoisotopic (exact) mass is 313 g/mol. The molecular weight excluding hydrogens is 298 g/mol. The summed E-state index contributed by atoms with van der Waals surface area (Å²) in [5.41, 5.74) is 1.95. The number of anilines is 1. The SMILES string of the molecule is Clc1ccc(N2CC3(CCCCC3)C2)cc1Br. The fourth-order valence-corrected chi connectivity index (χ4v) is 3.73. The van der Waals surface area contributed by atoms with Gasteiger partial charge in [0.1, 0.15) is 0 Å². The lowest BCUT2D eigenvalue weighted by atomic mass is 9.68. The van der Waals surface area contributed by atoms with Crippen LogP contribution in [0.3, 0.4) is 0 Å². The van der Waals surface area contributed by atoms with Gasteiger partial charge in [-0.1, -0.05) is 30.9 Å². The van der Waals surface area contributed by atoms with Crippen molar-refractivity contribution in [2.75, 3.05) is 18.0 Å². The quantitative estimate of drug-likeness (QED) is 0.714. The van der Waals surface area contributed by atoms with E-state index in [1.807, 2.05) is 6.07 Å². The third-order valence-electron chi connectivity index (χ3n) is 4.24. The fraction of sp³-hybridized carbons (Fsp3) is 0.571. The van der Waals surface area contributed by atoms with Crippen LogP contribution in [0.15, 0.2) is 22.7 Å². The van der Waals surface area contributed by atoms with Gasteiger partial charge in [-0.3, -0.25) is 0 Å². The molecule has 0 radical (unpaired) electrons. The van der Waals surface area contributed by atoms with Crippen LogP contribution in [0.1, 0.15) is 32.1 Å². The maximum atomic E-state index is 6.02. The third kappa shape index (κ3) is 2.22. The minimum Gasteiger partial charge on any atom is -0.370 e. The average molecular weight is 315 g/mol. The summed E-state index contributed by atoms with van der Waals surface area (Å²) in [6.07, 6.45) is 7.15. The van der Waals surface area contributed by atoms with E-state index < -0.39 is 0 Å². The highest BCUT2D eigenvalue weighted by atomic mass is 79.9. The van der Waals surface area contributed by atoms with Crippen molar-refractivity contribution in [2.24, 2.45) is 5.41 Å². The zero-order valence-corrected chi connectivity index (χ0v) is 12.2. The number of rotatable bonds is 1. The van der Waals surface area contributed by atoms with Crippen molar-refractivity contribution in [2.45, 2.75) is 32.1 Å². The molecule has 3 heteroatoms. The molecule has 1 spiro atoms. The second-order valence-electron chi connectivity index (χ2n) is 5.52.